The van der Waals surface area contributed by atoms with Gasteiger partial charge in [0.05, 0.1) is 0 Å². The first-order valence-electron chi connectivity index (χ1n) is 7.38. The Bertz CT molecular complexity index is 655. The predicted octanol–water partition coefficient (Wildman–Crippen LogP) is 2.53. The molecule has 1 unspecified atom stereocenters. The van der Waals surface area contributed by atoms with Crippen molar-refractivity contribution in [3.63, 3.8) is 0 Å². The van der Waals surface area contributed by atoms with Crippen molar-refractivity contribution >= 4 is 23.5 Å². The minimum Gasteiger partial charge on any atom is -0.490 e. The molecule has 2 N–H and O–H groups in total. The van der Waals surface area contributed by atoms with Gasteiger partial charge in [-0.25, -0.2) is 0 Å². The summed E-state index contributed by atoms with van der Waals surface area (Å²) < 4.78 is 5.72. The fourth-order valence-electron chi connectivity index (χ4n) is 1.89. The molecule has 2 rings (SSSR count). The Labute approximate surface area is 140 Å². The van der Waals surface area contributed by atoms with E-state index in [9.17, 15) is 5.11 Å². The van der Waals surface area contributed by atoms with E-state index in [-0.39, 0.29) is 6.61 Å². The molecule has 0 saturated heterocycles. The summed E-state index contributed by atoms with van der Waals surface area (Å²) in [4.78, 5) is 0. The second kappa shape index (κ2) is 9.19. The van der Waals surface area contributed by atoms with Crippen molar-refractivity contribution in [2.75, 3.05) is 19.7 Å². The Morgan fingerprint density at radius 3 is 2.91 bits per heavy atom. The van der Waals surface area contributed by atoms with E-state index in [1.807, 2.05) is 43.3 Å². The van der Waals surface area contributed by atoms with Crippen molar-refractivity contribution in [2.24, 2.45) is 0 Å². The molecule has 0 aliphatic rings. The van der Waals surface area contributed by atoms with Gasteiger partial charge in [0, 0.05) is 18.7 Å². The number of aryl methyl sites for hydroxylation is 1. The maximum atomic E-state index is 9.88. The number of aliphatic hydroxyl groups excluding tert-OH is 1. The maximum absolute atomic E-state index is 9.88. The maximum Gasteiger partial charge on any atom is 0.140 e. The third-order valence-corrected chi connectivity index (χ3v) is 3.77. The predicted molar refractivity (Wildman–Crippen MR) is 94.6 cm³/mol. The number of para-hydroxylation sites is 1. The Kier molecular flexibility index (Phi) is 6.93. The lowest BCUT2D eigenvalue weighted by atomic mass is 10.2. The number of hydrogen-bond acceptors (Lipinski definition) is 6. The third-order valence-electron chi connectivity index (χ3n) is 2.97. The van der Waals surface area contributed by atoms with Crippen LogP contribution in [0.25, 0.3) is 12.2 Å². The van der Waals surface area contributed by atoms with Crippen LogP contribution in [0.3, 0.4) is 0 Å². The van der Waals surface area contributed by atoms with Crippen LogP contribution in [0.5, 0.6) is 5.75 Å². The normalized spacial score (nSPS) is 12.4. The smallest absolute Gasteiger partial charge is 0.140 e. The van der Waals surface area contributed by atoms with Gasteiger partial charge in [-0.2, -0.15) is 0 Å². The Morgan fingerprint density at radius 1 is 1.35 bits per heavy atom. The summed E-state index contributed by atoms with van der Waals surface area (Å²) in [6.45, 7) is 6.90. The molecule has 0 spiro atoms. The number of nitrogens with one attached hydrogen (secondary N) is 1. The van der Waals surface area contributed by atoms with Crippen LogP contribution < -0.4 is 10.1 Å². The fraction of sp³-hybridized carbons (Fsp3) is 0.294. The molecule has 2 aromatic rings. The summed E-state index contributed by atoms with van der Waals surface area (Å²) in [5, 5.41) is 22.8. The average Bonchev–Trinajstić information content (AvgIpc) is 2.97. The van der Waals surface area contributed by atoms with Crippen molar-refractivity contribution in [3.05, 3.63) is 52.5 Å². The molecule has 0 fully saturated rings. The molecule has 122 valence electrons. The highest BCUT2D eigenvalue weighted by molar-refractivity contribution is 7.12. The van der Waals surface area contributed by atoms with Gasteiger partial charge >= 0.3 is 0 Å². The van der Waals surface area contributed by atoms with Crippen LogP contribution in [0.1, 0.15) is 15.6 Å². The molecule has 23 heavy (non-hydrogen) atoms. The quantitative estimate of drug-likeness (QED) is 0.546. The topological polar surface area (TPSA) is 67.3 Å². The van der Waals surface area contributed by atoms with Crippen molar-refractivity contribution in [2.45, 2.75) is 13.0 Å². The van der Waals surface area contributed by atoms with Crippen LogP contribution in [-0.4, -0.2) is 41.1 Å². The van der Waals surface area contributed by atoms with Crippen LogP contribution in [0, 0.1) is 6.92 Å². The molecule has 1 atom stereocenters. The monoisotopic (exact) mass is 331 g/mol. The molecule has 1 aromatic heterocycles. The van der Waals surface area contributed by atoms with Crippen LogP contribution in [0.2, 0.25) is 0 Å². The van der Waals surface area contributed by atoms with E-state index in [1.165, 1.54) is 11.3 Å². The summed E-state index contributed by atoms with van der Waals surface area (Å²) >= 11 is 1.54. The van der Waals surface area contributed by atoms with Gasteiger partial charge in [0.1, 0.15) is 28.5 Å². The first-order chi connectivity index (χ1) is 11.2. The highest BCUT2D eigenvalue weighted by atomic mass is 32.1. The van der Waals surface area contributed by atoms with Crippen LogP contribution in [0.15, 0.2) is 36.9 Å². The van der Waals surface area contributed by atoms with Gasteiger partial charge in [-0.3, -0.25) is 0 Å². The van der Waals surface area contributed by atoms with Crippen molar-refractivity contribution in [3.8, 4) is 5.75 Å². The fourth-order valence-corrected chi connectivity index (χ4v) is 2.49. The van der Waals surface area contributed by atoms with E-state index < -0.39 is 6.10 Å². The van der Waals surface area contributed by atoms with Gasteiger partial charge in [-0.05, 0) is 25.1 Å². The number of benzene rings is 1. The standard InChI is InChI=1S/C17H21N3O2S/c1-3-10-18-11-15(21)12-22-16-7-5-4-6-14(16)8-9-17-20-19-13(2)23-17/h3-9,15,18,21H,1,10-12H2,2H3. The molecule has 1 heterocycles. The minimum absolute atomic E-state index is 0.229. The number of aliphatic hydroxyl groups is 1. The van der Waals surface area contributed by atoms with E-state index in [0.717, 1.165) is 21.3 Å². The summed E-state index contributed by atoms with van der Waals surface area (Å²) in [6, 6.07) is 7.70. The molecule has 0 radical (unpaired) electrons. The Balaban J connectivity index is 1.94. The molecule has 1 aromatic carbocycles. The van der Waals surface area contributed by atoms with E-state index in [1.54, 1.807) is 6.08 Å². The molecule has 0 amide bonds. The molecule has 0 aliphatic carbocycles. The minimum atomic E-state index is -0.571. The van der Waals surface area contributed by atoms with Crippen molar-refractivity contribution in [1.29, 1.82) is 0 Å². The lowest BCUT2D eigenvalue weighted by Gasteiger charge is -2.14. The van der Waals surface area contributed by atoms with Gasteiger partial charge in [0.25, 0.3) is 0 Å². The van der Waals surface area contributed by atoms with E-state index in [0.29, 0.717) is 13.1 Å². The molecule has 6 heteroatoms. The number of ether oxygens (including phenoxy) is 1. The van der Waals surface area contributed by atoms with Crippen LogP contribution in [0.4, 0.5) is 0 Å². The zero-order valence-electron chi connectivity index (χ0n) is 13.1. The molecular weight excluding hydrogens is 310 g/mol. The van der Waals surface area contributed by atoms with E-state index in [2.05, 4.69) is 22.1 Å². The number of aromatic nitrogens is 2. The molecule has 5 nitrogen and oxygen atoms in total. The zero-order valence-corrected chi connectivity index (χ0v) is 13.9. The lowest BCUT2D eigenvalue weighted by molar-refractivity contribution is 0.107. The van der Waals surface area contributed by atoms with Gasteiger partial charge in [0.2, 0.25) is 0 Å². The summed E-state index contributed by atoms with van der Waals surface area (Å²) in [6.07, 6.45) is 5.04. The van der Waals surface area contributed by atoms with Gasteiger partial charge in [-0.1, -0.05) is 35.6 Å². The number of rotatable bonds is 9. The molecular formula is C17H21N3O2S. The SMILES string of the molecule is C=CCNCC(O)COc1ccccc1C=Cc1nnc(C)s1. The highest BCUT2D eigenvalue weighted by Gasteiger charge is 2.06. The summed E-state index contributed by atoms with van der Waals surface area (Å²) in [5.74, 6) is 0.729. The second-order valence-electron chi connectivity index (χ2n) is 4.94. The van der Waals surface area contributed by atoms with Crippen molar-refractivity contribution < 1.29 is 9.84 Å². The first kappa shape index (κ1) is 17.3. The summed E-state index contributed by atoms with van der Waals surface area (Å²) in [5.41, 5.74) is 0.937. The van der Waals surface area contributed by atoms with Gasteiger partial charge in [0.15, 0.2) is 0 Å². The first-order valence-corrected chi connectivity index (χ1v) is 8.20. The molecule has 0 aliphatic heterocycles. The average molecular weight is 331 g/mol. The van der Waals surface area contributed by atoms with E-state index in [4.69, 9.17) is 4.74 Å². The second-order valence-corrected chi connectivity index (χ2v) is 6.16. The van der Waals surface area contributed by atoms with Gasteiger partial charge < -0.3 is 15.2 Å². The Hall–Kier alpha value is -2.02. The van der Waals surface area contributed by atoms with Crippen molar-refractivity contribution in [1.82, 2.24) is 15.5 Å². The molecule has 0 saturated carbocycles. The van der Waals surface area contributed by atoms with E-state index >= 15 is 0 Å². The highest BCUT2D eigenvalue weighted by Crippen LogP contribution is 2.21. The van der Waals surface area contributed by atoms with Gasteiger partial charge in [-0.15, -0.1) is 16.8 Å². The third kappa shape index (κ3) is 5.94. The number of nitrogens with zero attached hydrogens (tertiary/aromatic N) is 2. The summed E-state index contributed by atoms with van der Waals surface area (Å²) in [7, 11) is 0. The number of hydrogen-bond donors (Lipinski definition) is 2. The van der Waals surface area contributed by atoms with Crippen LogP contribution in [-0.2, 0) is 0 Å². The lowest BCUT2D eigenvalue weighted by Crippen LogP contribution is -2.31. The molecule has 0 bridgehead atoms. The largest absolute Gasteiger partial charge is 0.490 e. The zero-order chi connectivity index (χ0) is 16.5. The van der Waals surface area contributed by atoms with Crippen LogP contribution >= 0.6 is 11.3 Å². The Morgan fingerprint density at radius 2 is 2.17 bits per heavy atom.